The van der Waals surface area contributed by atoms with Crippen LogP contribution in [0.2, 0.25) is 0 Å². The highest BCUT2D eigenvalue weighted by Crippen LogP contribution is 2.21. The van der Waals surface area contributed by atoms with E-state index in [-0.39, 0.29) is 5.91 Å². The van der Waals surface area contributed by atoms with E-state index in [2.05, 4.69) is 11.8 Å². The van der Waals surface area contributed by atoms with Gasteiger partial charge in [0.25, 0.3) is 0 Å². The molecule has 1 aliphatic rings. The third-order valence-corrected chi connectivity index (χ3v) is 3.14. The summed E-state index contributed by atoms with van der Waals surface area (Å²) >= 11 is 0. The van der Waals surface area contributed by atoms with E-state index < -0.39 is 0 Å². The number of primary amides is 1. The number of hydrogen-bond acceptors (Lipinski definition) is 3. The van der Waals surface area contributed by atoms with E-state index in [0.717, 1.165) is 32.6 Å². The van der Waals surface area contributed by atoms with Gasteiger partial charge in [0.2, 0.25) is 5.91 Å². The monoisotopic (exact) mass is 199 g/mol. The summed E-state index contributed by atoms with van der Waals surface area (Å²) < 4.78 is 0. The molecule has 4 N–H and O–H groups in total. The summed E-state index contributed by atoms with van der Waals surface area (Å²) in [5.41, 5.74) is 10.8. The summed E-state index contributed by atoms with van der Waals surface area (Å²) in [6, 6.07) is 0. The van der Waals surface area contributed by atoms with Gasteiger partial charge in [-0.05, 0) is 31.3 Å². The molecule has 1 aliphatic heterocycles. The molecule has 2 atom stereocenters. The standard InChI is InChI=1S/C10H21N3O/c1-8-7-13(5-3-10(12)14)4-2-9(8)6-11/h8-9H,2-7,11H2,1H3,(H2,12,14). The van der Waals surface area contributed by atoms with Crippen molar-refractivity contribution in [3.05, 3.63) is 0 Å². The number of nitrogens with two attached hydrogens (primary N) is 2. The second kappa shape index (κ2) is 5.32. The molecule has 1 amide bonds. The maximum atomic E-state index is 10.6. The zero-order valence-corrected chi connectivity index (χ0v) is 8.91. The molecule has 82 valence electrons. The molecule has 14 heavy (non-hydrogen) atoms. The molecule has 2 unspecified atom stereocenters. The van der Waals surface area contributed by atoms with Crippen LogP contribution in [-0.2, 0) is 4.79 Å². The quantitative estimate of drug-likeness (QED) is 0.657. The molecule has 0 radical (unpaired) electrons. The zero-order chi connectivity index (χ0) is 10.6. The maximum absolute atomic E-state index is 10.6. The van der Waals surface area contributed by atoms with Crippen LogP contribution in [0.4, 0.5) is 0 Å². The molecular weight excluding hydrogens is 178 g/mol. The van der Waals surface area contributed by atoms with Gasteiger partial charge in [-0.2, -0.15) is 0 Å². The minimum atomic E-state index is -0.210. The Balaban J connectivity index is 2.27. The molecule has 4 nitrogen and oxygen atoms in total. The summed E-state index contributed by atoms with van der Waals surface area (Å²) in [7, 11) is 0. The number of carbonyl (C=O) groups excluding carboxylic acids is 1. The number of hydrogen-bond donors (Lipinski definition) is 2. The molecule has 0 aliphatic carbocycles. The molecule has 1 heterocycles. The Kier molecular flexibility index (Phi) is 4.35. The lowest BCUT2D eigenvalue weighted by molar-refractivity contribution is -0.118. The summed E-state index contributed by atoms with van der Waals surface area (Å²) in [5.74, 6) is 1.08. The predicted octanol–water partition coefficient (Wildman–Crippen LogP) is -0.221. The SMILES string of the molecule is CC1CN(CCC(N)=O)CCC1CN. The van der Waals surface area contributed by atoms with Crippen LogP contribution in [0.25, 0.3) is 0 Å². The van der Waals surface area contributed by atoms with Gasteiger partial charge in [0.15, 0.2) is 0 Å². The molecule has 0 aromatic rings. The summed E-state index contributed by atoms with van der Waals surface area (Å²) in [6.07, 6.45) is 1.62. The van der Waals surface area contributed by atoms with Crippen molar-refractivity contribution in [2.75, 3.05) is 26.2 Å². The Morgan fingerprint density at radius 2 is 2.29 bits per heavy atom. The van der Waals surface area contributed by atoms with Crippen LogP contribution < -0.4 is 11.5 Å². The Bertz CT molecular complexity index is 196. The second-order valence-electron chi connectivity index (χ2n) is 4.28. The summed E-state index contributed by atoms with van der Waals surface area (Å²) in [6.45, 7) is 5.92. The van der Waals surface area contributed by atoms with Gasteiger partial charge < -0.3 is 16.4 Å². The van der Waals surface area contributed by atoms with Crippen molar-refractivity contribution in [3.63, 3.8) is 0 Å². The van der Waals surface area contributed by atoms with Crippen molar-refractivity contribution in [1.82, 2.24) is 4.90 Å². The first kappa shape index (κ1) is 11.5. The fourth-order valence-corrected chi connectivity index (χ4v) is 2.10. The minimum Gasteiger partial charge on any atom is -0.370 e. The number of rotatable bonds is 4. The molecule has 0 saturated carbocycles. The van der Waals surface area contributed by atoms with Crippen LogP contribution in [0.1, 0.15) is 19.8 Å². The zero-order valence-electron chi connectivity index (χ0n) is 8.91. The van der Waals surface area contributed by atoms with Gasteiger partial charge in [-0.3, -0.25) is 4.79 Å². The van der Waals surface area contributed by atoms with Gasteiger partial charge in [0.1, 0.15) is 0 Å². The number of amides is 1. The van der Waals surface area contributed by atoms with Crippen molar-refractivity contribution < 1.29 is 4.79 Å². The summed E-state index contributed by atoms with van der Waals surface area (Å²) in [4.78, 5) is 12.9. The topological polar surface area (TPSA) is 72.3 Å². The van der Waals surface area contributed by atoms with Gasteiger partial charge in [-0.25, -0.2) is 0 Å². The Labute approximate surface area is 85.6 Å². The van der Waals surface area contributed by atoms with Gasteiger partial charge in [0, 0.05) is 19.5 Å². The fourth-order valence-electron chi connectivity index (χ4n) is 2.10. The lowest BCUT2D eigenvalue weighted by Crippen LogP contribution is -2.42. The van der Waals surface area contributed by atoms with Gasteiger partial charge in [-0.15, -0.1) is 0 Å². The van der Waals surface area contributed by atoms with Crippen LogP contribution in [0.5, 0.6) is 0 Å². The molecule has 0 aromatic carbocycles. The number of carbonyl (C=O) groups is 1. The third-order valence-electron chi connectivity index (χ3n) is 3.14. The summed E-state index contributed by atoms with van der Waals surface area (Å²) in [5, 5.41) is 0. The Morgan fingerprint density at radius 3 is 2.79 bits per heavy atom. The van der Waals surface area contributed by atoms with Crippen molar-refractivity contribution in [2.24, 2.45) is 23.3 Å². The van der Waals surface area contributed by atoms with Crippen LogP contribution in [0.15, 0.2) is 0 Å². The number of nitrogens with zero attached hydrogens (tertiary/aromatic N) is 1. The molecule has 0 aromatic heterocycles. The first-order valence-corrected chi connectivity index (χ1v) is 5.34. The first-order chi connectivity index (χ1) is 6.63. The van der Waals surface area contributed by atoms with E-state index in [9.17, 15) is 4.79 Å². The molecule has 1 rings (SSSR count). The average Bonchev–Trinajstić information content (AvgIpc) is 2.15. The van der Waals surface area contributed by atoms with E-state index in [4.69, 9.17) is 11.5 Å². The van der Waals surface area contributed by atoms with E-state index in [0.29, 0.717) is 18.3 Å². The minimum absolute atomic E-state index is 0.210. The Morgan fingerprint density at radius 1 is 1.57 bits per heavy atom. The normalized spacial score (nSPS) is 29.0. The second-order valence-corrected chi connectivity index (χ2v) is 4.28. The Hall–Kier alpha value is -0.610. The molecule has 0 spiro atoms. The number of likely N-dealkylation sites (tertiary alicyclic amines) is 1. The maximum Gasteiger partial charge on any atom is 0.218 e. The lowest BCUT2D eigenvalue weighted by Gasteiger charge is -2.36. The fraction of sp³-hybridized carbons (Fsp3) is 0.900. The lowest BCUT2D eigenvalue weighted by atomic mass is 9.87. The van der Waals surface area contributed by atoms with Crippen LogP contribution in [0, 0.1) is 11.8 Å². The van der Waals surface area contributed by atoms with Gasteiger partial charge in [-0.1, -0.05) is 6.92 Å². The van der Waals surface area contributed by atoms with E-state index in [1.54, 1.807) is 0 Å². The molecule has 1 fully saturated rings. The highest BCUT2D eigenvalue weighted by molar-refractivity contribution is 5.73. The smallest absolute Gasteiger partial charge is 0.218 e. The van der Waals surface area contributed by atoms with Crippen molar-refractivity contribution in [3.8, 4) is 0 Å². The van der Waals surface area contributed by atoms with Crippen LogP contribution >= 0.6 is 0 Å². The van der Waals surface area contributed by atoms with E-state index in [1.807, 2.05) is 0 Å². The van der Waals surface area contributed by atoms with Crippen LogP contribution in [-0.4, -0.2) is 37.0 Å². The number of piperidine rings is 1. The van der Waals surface area contributed by atoms with Gasteiger partial charge in [0.05, 0.1) is 0 Å². The highest BCUT2D eigenvalue weighted by atomic mass is 16.1. The van der Waals surface area contributed by atoms with Gasteiger partial charge >= 0.3 is 0 Å². The molecule has 0 bridgehead atoms. The van der Waals surface area contributed by atoms with Crippen LogP contribution in [0.3, 0.4) is 0 Å². The molecule has 4 heteroatoms. The van der Waals surface area contributed by atoms with Crippen molar-refractivity contribution in [1.29, 1.82) is 0 Å². The first-order valence-electron chi connectivity index (χ1n) is 5.34. The van der Waals surface area contributed by atoms with E-state index in [1.165, 1.54) is 0 Å². The largest absolute Gasteiger partial charge is 0.370 e. The average molecular weight is 199 g/mol. The van der Waals surface area contributed by atoms with Crippen molar-refractivity contribution >= 4 is 5.91 Å². The van der Waals surface area contributed by atoms with Crippen molar-refractivity contribution in [2.45, 2.75) is 19.8 Å². The molecule has 1 saturated heterocycles. The van der Waals surface area contributed by atoms with E-state index >= 15 is 0 Å². The molecular formula is C10H21N3O. The third kappa shape index (κ3) is 3.27. The predicted molar refractivity (Wildman–Crippen MR) is 56.6 cm³/mol. The highest BCUT2D eigenvalue weighted by Gasteiger charge is 2.24.